The molecule has 0 amide bonds. The number of hydrogen-bond donors (Lipinski definition) is 1. The van der Waals surface area contributed by atoms with Crippen molar-refractivity contribution in [3.63, 3.8) is 0 Å². The Morgan fingerprint density at radius 2 is 2.14 bits per heavy atom. The van der Waals surface area contributed by atoms with Crippen LogP contribution in [0.15, 0.2) is 30.9 Å². The molecular formula is C18H28FNO. The Morgan fingerprint density at radius 1 is 1.33 bits per heavy atom. The van der Waals surface area contributed by atoms with E-state index in [4.69, 9.17) is 4.74 Å². The highest BCUT2D eigenvalue weighted by Gasteiger charge is 2.13. The van der Waals surface area contributed by atoms with Crippen LogP contribution in [0.5, 0.6) is 5.75 Å². The van der Waals surface area contributed by atoms with Crippen LogP contribution in [-0.2, 0) is 0 Å². The van der Waals surface area contributed by atoms with Gasteiger partial charge in [0.1, 0.15) is 0 Å². The van der Waals surface area contributed by atoms with Crippen molar-refractivity contribution in [3.8, 4) is 5.75 Å². The molecule has 0 bridgehead atoms. The normalized spacial score (nSPS) is 12.1. The van der Waals surface area contributed by atoms with E-state index in [1.807, 2.05) is 12.1 Å². The summed E-state index contributed by atoms with van der Waals surface area (Å²) in [7, 11) is 1.49. The van der Waals surface area contributed by atoms with Gasteiger partial charge in [0, 0.05) is 6.04 Å². The zero-order valence-corrected chi connectivity index (χ0v) is 13.3. The molecule has 0 saturated heterocycles. The summed E-state index contributed by atoms with van der Waals surface area (Å²) < 4.78 is 18.8. The minimum atomic E-state index is -0.287. The van der Waals surface area contributed by atoms with Crippen LogP contribution in [0.25, 0.3) is 0 Å². The minimum absolute atomic E-state index is 0.217. The van der Waals surface area contributed by atoms with E-state index in [1.165, 1.54) is 20.0 Å². The second kappa shape index (κ2) is 10.4. The first-order valence-corrected chi connectivity index (χ1v) is 7.90. The van der Waals surface area contributed by atoms with Gasteiger partial charge >= 0.3 is 0 Å². The van der Waals surface area contributed by atoms with E-state index >= 15 is 0 Å². The highest BCUT2D eigenvalue weighted by Crippen LogP contribution is 2.25. The van der Waals surface area contributed by atoms with Crippen LogP contribution in [0, 0.1) is 5.82 Å². The zero-order chi connectivity index (χ0) is 15.5. The number of nitrogens with one attached hydrogen (secondary N) is 1. The molecule has 1 atom stereocenters. The maximum atomic E-state index is 13.9. The lowest BCUT2D eigenvalue weighted by Crippen LogP contribution is -2.22. The van der Waals surface area contributed by atoms with Crippen molar-refractivity contribution in [1.82, 2.24) is 5.32 Å². The van der Waals surface area contributed by atoms with Crippen molar-refractivity contribution in [2.45, 2.75) is 51.5 Å². The Bertz CT molecular complexity index is 420. The second-order valence-electron chi connectivity index (χ2n) is 5.33. The lowest BCUT2D eigenvalue weighted by molar-refractivity contribution is 0.384. The van der Waals surface area contributed by atoms with Gasteiger partial charge in [0.05, 0.1) is 7.11 Å². The number of hydrogen-bond acceptors (Lipinski definition) is 2. The lowest BCUT2D eigenvalue weighted by Gasteiger charge is -2.19. The first-order valence-electron chi connectivity index (χ1n) is 7.90. The molecule has 0 aromatic heterocycles. The number of methoxy groups -OCH3 is 1. The molecule has 0 heterocycles. The molecule has 3 heteroatoms. The molecule has 0 spiro atoms. The zero-order valence-electron chi connectivity index (χ0n) is 13.3. The number of ether oxygens (including phenoxy) is 1. The fourth-order valence-electron chi connectivity index (χ4n) is 2.42. The van der Waals surface area contributed by atoms with Crippen LogP contribution in [0.3, 0.4) is 0 Å². The summed E-state index contributed by atoms with van der Waals surface area (Å²) in [5.74, 6) is 0.0175. The summed E-state index contributed by atoms with van der Waals surface area (Å²) in [5.41, 5.74) is 1.01. The molecule has 0 aliphatic carbocycles. The number of benzene rings is 1. The van der Waals surface area contributed by atoms with Crippen LogP contribution in [0.1, 0.15) is 57.1 Å². The van der Waals surface area contributed by atoms with Gasteiger partial charge in [-0.1, -0.05) is 31.9 Å². The van der Waals surface area contributed by atoms with Crippen molar-refractivity contribution < 1.29 is 9.13 Å². The standard InChI is InChI=1S/C18H28FNO/c1-4-6-7-8-9-10-17(20-13-5-2)15-11-12-18(21-3)16(19)14-15/h4,11-12,14,17,20H,1,5-10,13H2,2-3H3. The molecule has 0 aliphatic heterocycles. The third-order valence-electron chi connectivity index (χ3n) is 3.62. The van der Waals surface area contributed by atoms with E-state index in [1.54, 1.807) is 12.1 Å². The van der Waals surface area contributed by atoms with E-state index < -0.39 is 0 Å². The van der Waals surface area contributed by atoms with Gasteiger partial charge in [0.2, 0.25) is 0 Å². The highest BCUT2D eigenvalue weighted by atomic mass is 19.1. The molecule has 1 aromatic rings. The molecule has 118 valence electrons. The molecule has 1 rings (SSSR count). The van der Waals surface area contributed by atoms with Gasteiger partial charge in [-0.15, -0.1) is 6.58 Å². The Hall–Kier alpha value is -1.35. The fraction of sp³-hybridized carbons (Fsp3) is 0.556. The van der Waals surface area contributed by atoms with E-state index in [9.17, 15) is 4.39 Å². The Labute approximate surface area is 128 Å². The van der Waals surface area contributed by atoms with Crippen LogP contribution >= 0.6 is 0 Å². The van der Waals surface area contributed by atoms with Crippen molar-refractivity contribution >= 4 is 0 Å². The molecule has 0 saturated carbocycles. The van der Waals surface area contributed by atoms with Gasteiger partial charge in [-0.3, -0.25) is 0 Å². The summed E-state index contributed by atoms with van der Waals surface area (Å²) in [4.78, 5) is 0. The Kier molecular flexibility index (Phi) is 8.76. The van der Waals surface area contributed by atoms with Crippen LogP contribution < -0.4 is 10.1 Å². The average molecular weight is 293 g/mol. The third kappa shape index (κ3) is 6.30. The predicted octanol–water partition coefficient (Wildman–Crippen LogP) is 5.01. The molecule has 21 heavy (non-hydrogen) atoms. The van der Waals surface area contributed by atoms with Gasteiger partial charge in [-0.05, 0) is 49.9 Å². The number of allylic oxidation sites excluding steroid dienone is 1. The maximum Gasteiger partial charge on any atom is 0.165 e. The monoisotopic (exact) mass is 293 g/mol. The largest absolute Gasteiger partial charge is 0.494 e. The van der Waals surface area contributed by atoms with Crippen LogP contribution in [-0.4, -0.2) is 13.7 Å². The SMILES string of the molecule is C=CCCCCCC(NCCC)c1ccc(OC)c(F)c1. The van der Waals surface area contributed by atoms with E-state index in [0.29, 0.717) is 5.75 Å². The molecule has 1 aromatic carbocycles. The maximum absolute atomic E-state index is 13.9. The van der Waals surface area contributed by atoms with E-state index in [0.717, 1.165) is 37.8 Å². The summed E-state index contributed by atoms with van der Waals surface area (Å²) >= 11 is 0. The minimum Gasteiger partial charge on any atom is -0.494 e. The average Bonchev–Trinajstić information content (AvgIpc) is 2.50. The molecule has 1 unspecified atom stereocenters. The predicted molar refractivity (Wildman–Crippen MR) is 87.3 cm³/mol. The number of rotatable bonds is 11. The number of halogens is 1. The highest BCUT2D eigenvalue weighted by molar-refractivity contribution is 5.31. The quantitative estimate of drug-likeness (QED) is 0.457. The molecule has 0 radical (unpaired) electrons. The Balaban J connectivity index is 2.63. The van der Waals surface area contributed by atoms with Crippen molar-refractivity contribution in [2.75, 3.05) is 13.7 Å². The van der Waals surface area contributed by atoms with Gasteiger partial charge in [-0.2, -0.15) is 0 Å². The second-order valence-corrected chi connectivity index (χ2v) is 5.33. The van der Waals surface area contributed by atoms with Crippen molar-refractivity contribution in [3.05, 3.63) is 42.2 Å². The molecule has 1 N–H and O–H groups in total. The lowest BCUT2D eigenvalue weighted by atomic mass is 9.99. The van der Waals surface area contributed by atoms with E-state index in [-0.39, 0.29) is 11.9 Å². The van der Waals surface area contributed by atoms with Gasteiger partial charge in [0.25, 0.3) is 0 Å². The topological polar surface area (TPSA) is 21.3 Å². The first kappa shape index (κ1) is 17.7. The fourth-order valence-corrected chi connectivity index (χ4v) is 2.42. The van der Waals surface area contributed by atoms with E-state index in [2.05, 4.69) is 18.8 Å². The summed E-state index contributed by atoms with van der Waals surface area (Å²) in [6, 6.07) is 5.48. The molecular weight excluding hydrogens is 265 g/mol. The summed E-state index contributed by atoms with van der Waals surface area (Å²) in [5, 5.41) is 3.51. The smallest absolute Gasteiger partial charge is 0.165 e. The van der Waals surface area contributed by atoms with Crippen LogP contribution in [0.4, 0.5) is 4.39 Å². The van der Waals surface area contributed by atoms with Gasteiger partial charge in [-0.25, -0.2) is 4.39 Å². The van der Waals surface area contributed by atoms with Gasteiger partial charge in [0.15, 0.2) is 11.6 Å². The number of unbranched alkanes of at least 4 members (excludes halogenated alkanes) is 3. The summed E-state index contributed by atoms with van der Waals surface area (Å²) in [6.07, 6.45) is 8.66. The molecule has 0 aliphatic rings. The Morgan fingerprint density at radius 3 is 2.76 bits per heavy atom. The van der Waals surface area contributed by atoms with Gasteiger partial charge < -0.3 is 10.1 Å². The summed E-state index contributed by atoms with van der Waals surface area (Å²) in [6.45, 7) is 6.83. The third-order valence-corrected chi connectivity index (χ3v) is 3.62. The molecule has 0 fully saturated rings. The first-order chi connectivity index (χ1) is 10.2. The van der Waals surface area contributed by atoms with Crippen molar-refractivity contribution in [1.29, 1.82) is 0 Å². The van der Waals surface area contributed by atoms with Crippen LogP contribution in [0.2, 0.25) is 0 Å². The van der Waals surface area contributed by atoms with Crippen molar-refractivity contribution in [2.24, 2.45) is 0 Å². The molecule has 2 nitrogen and oxygen atoms in total.